The number of anilines is 2. The highest BCUT2D eigenvalue weighted by Gasteiger charge is 2.66. The zero-order valence-corrected chi connectivity index (χ0v) is 24.4. The molecule has 2 aliphatic carbocycles. The van der Waals surface area contributed by atoms with Gasteiger partial charge >= 0.3 is 0 Å². The van der Waals surface area contributed by atoms with Crippen molar-refractivity contribution < 1.29 is 14.4 Å². The number of carbonyl (C=O) groups is 3. The van der Waals surface area contributed by atoms with Gasteiger partial charge in [0.2, 0.25) is 17.7 Å². The van der Waals surface area contributed by atoms with Crippen LogP contribution < -0.4 is 16.0 Å². The summed E-state index contributed by atoms with van der Waals surface area (Å²) in [5.74, 6) is -1.91. The Morgan fingerprint density at radius 2 is 1.88 bits per heavy atom. The normalized spacial score (nSPS) is 27.7. The molecule has 1 heterocycles. The Morgan fingerprint density at radius 3 is 2.50 bits per heavy atom. The van der Waals surface area contributed by atoms with Crippen molar-refractivity contribution in [2.24, 2.45) is 17.8 Å². The van der Waals surface area contributed by atoms with Crippen LogP contribution in [0.4, 0.5) is 11.4 Å². The van der Waals surface area contributed by atoms with E-state index in [1.807, 2.05) is 43.5 Å². The van der Waals surface area contributed by atoms with Gasteiger partial charge in [0.05, 0.1) is 42.5 Å². The molecule has 0 radical (unpaired) electrons. The minimum Gasteiger partial charge on any atom is -0.362 e. The molecule has 10 nitrogen and oxygen atoms in total. The van der Waals surface area contributed by atoms with Crippen LogP contribution >= 0.6 is 11.8 Å². The van der Waals surface area contributed by atoms with Crippen molar-refractivity contribution in [1.82, 2.24) is 15.1 Å². The van der Waals surface area contributed by atoms with Crippen LogP contribution in [0.1, 0.15) is 34.6 Å². The number of fused-ring (bicyclic) bond motifs is 2. The maximum Gasteiger partial charge on any atom is 0.238 e. The van der Waals surface area contributed by atoms with Gasteiger partial charge in [-0.2, -0.15) is 10.5 Å². The standard InChI is InChI=1S/C29H37N7O3S/c1-6-35-25-23(28(38)32-11-10-30)20(13-31)27(25)40-26-21(24(26)29(35)39)14-33-18-8-7-9-19(12-18)34-22(37)15-36(16(2)3)17(4)5/h7-9,12,14,16-17,20,23-27,33H,6,11,15H2,1-5H3,(H,32,38)(H,34,37)/b21-14+. The number of rotatable bonds is 10. The van der Waals surface area contributed by atoms with Gasteiger partial charge in [0.25, 0.3) is 0 Å². The summed E-state index contributed by atoms with van der Waals surface area (Å²) in [4.78, 5) is 42.7. The van der Waals surface area contributed by atoms with Crippen molar-refractivity contribution in [2.45, 2.75) is 63.2 Å². The van der Waals surface area contributed by atoms with Crippen molar-refractivity contribution in [1.29, 1.82) is 10.5 Å². The molecule has 11 heteroatoms. The molecular formula is C29H37N7O3S. The molecule has 0 aromatic heterocycles. The van der Waals surface area contributed by atoms with E-state index >= 15 is 0 Å². The molecule has 1 aliphatic heterocycles. The van der Waals surface area contributed by atoms with Crippen molar-refractivity contribution in [3.05, 3.63) is 36.0 Å². The van der Waals surface area contributed by atoms with Gasteiger partial charge < -0.3 is 20.9 Å². The molecule has 1 saturated heterocycles. The molecule has 212 valence electrons. The summed E-state index contributed by atoms with van der Waals surface area (Å²) in [6, 6.07) is 11.8. The predicted octanol–water partition coefficient (Wildman–Crippen LogP) is 2.78. The highest BCUT2D eigenvalue weighted by atomic mass is 32.2. The van der Waals surface area contributed by atoms with Crippen molar-refractivity contribution >= 4 is 40.9 Å². The van der Waals surface area contributed by atoms with Gasteiger partial charge in [0.1, 0.15) is 6.54 Å². The lowest BCUT2D eigenvalue weighted by Crippen LogP contribution is -2.66. The second-order valence-corrected chi connectivity index (χ2v) is 12.3. The fourth-order valence-corrected chi connectivity index (χ4v) is 7.78. The van der Waals surface area contributed by atoms with Crippen LogP contribution in [0.2, 0.25) is 0 Å². The number of carbonyl (C=O) groups excluding carboxylic acids is 3. The van der Waals surface area contributed by atoms with E-state index in [2.05, 4.69) is 54.6 Å². The molecule has 0 bridgehead atoms. The third-order valence-corrected chi connectivity index (χ3v) is 9.60. The van der Waals surface area contributed by atoms with Gasteiger partial charge in [-0.15, -0.1) is 11.8 Å². The third kappa shape index (κ3) is 5.81. The highest BCUT2D eigenvalue weighted by Crippen LogP contribution is 2.59. The monoisotopic (exact) mass is 563 g/mol. The number of benzene rings is 1. The van der Waals surface area contributed by atoms with Crippen LogP contribution in [0, 0.1) is 40.4 Å². The fraction of sp³-hybridized carbons (Fsp3) is 0.552. The maximum atomic E-state index is 13.5. The van der Waals surface area contributed by atoms with E-state index in [-0.39, 0.29) is 58.8 Å². The Bertz CT molecular complexity index is 1260. The number of nitrogens with one attached hydrogen (secondary N) is 3. The highest BCUT2D eigenvalue weighted by molar-refractivity contribution is 8.01. The molecule has 2 saturated carbocycles. The van der Waals surface area contributed by atoms with Crippen LogP contribution in [0.5, 0.6) is 0 Å². The summed E-state index contributed by atoms with van der Waals surface area (Å²) >= 11 is 1.60. The number of nitriles is 2. The quantitative estimate of drug-likeness (QED) is 0.369. The second-order valence-electron chi connectivity index (χ2n) is 10.9. The van der Waals surface area contributed by atoms with Gasteiger partial charge in [-0.05, 0) is 58.4 Å². The Kier molecular flexibility index (Phi) is 9.07. The van der Waals surface area contributed by atoms with E-state index in [4.69, 9.17) is 5.26 Å². The predicted molar refractivity (Wildman–Crippen MR) is 155 cm³/mol. The zero-order valence-electron chi connectivity index (χ0n) is 23.5. The Hall–Kier alpha value is -3.54. The molecule has 1 aromatic carbocycles. The van der Waals surface area contributed by atoms with Crippen LogP contribution in [0.3, 0.4) is 0 Å². The van der Waals surface area contributed by atoms with E-state index in [1.165, 1.54) is 0 Å². The summed E-state index contributed by atoms with van der Waals surface area (Å²) < 4.78 is 0. The summed E-state index contributed by atoms with van der Waals surface area (Å²) in [6.07, 6.45) is 1.85. The second kappa shape index (κ2) is 12.3. The van der Waals surface area contributed by atoms with Crippen LogP contribution in [-0.2, 0) is 14.4 Å². The Labute approximate surface area is 240 Å². The molecule has 4 rings (SSSR count). The van der Waals surface area contributed by atoms with E-state index in [1.54, 1.807) is 16.7 Å². The first-order chi connectivity index (χ1) is 19.1. The molecule has 3 N–H and O–H groups in total. The first kappa shape index (κ1) is 29.4. The van der Waals surface area contributed by atoms with Gasteiger partial charge in [-0.3, -0.25) is 19.3 Å². The third-order valence-electron chi connectivity index (χ3n) is 7.88. The molecule has 40 heavy (non-hydrogen) atoms. The number of amides is 3. The van der Waals surface area contributed by atoms with Crippen molar-refractivity contribution in [3.63, 3.8) is 0 Å². The molecule has 6 atom stereocenters. The van der Waals surface area contributed by atoms with E-state index in [9.17, 15) is 19.6 Å². The minimum atomic E-state index is -0.631. The van der Waals surface area contributed by atoms with Crippen LogP contribution in [0.25, 0.3) is 0 Å². The van der Waals surface area contributed by atoms with Gasteiger partial charge in [-0.25, -0.2) is 0 Å². The summed E-state index contributed by atoms with van der Waals surface area (Å²) in [7, 11) is 0. The zero-order chi connectivity index (χ0) is 29.1. The summed E-state index contributed by atoms with van der Waals surface area (Å²) in [5.41, 5.74) is 2.43. The molecule has 3 fully saturated rings. The van der Waals surface area contributed by atoms with Crippen LogP contribution in [0.15, 0.2) is 36.0 Å². The lowest BCUT2D eigenvalue weighted by molar-refractivity contribution is -0.143. The summed E-state index contributed by atoms with van der Waals surface area (Å²) in [6.45, 7) is 10.8. The average molecular weight is 564 g/mol. The minimum absolute atomic E-state index is 0.0316. The number of hydrogen-bond acceptors (Lipinski definition) is 8. The molecule has 3 aliphatic rings. The lowest BCUT2D eigenvalue weighted by atomic mass is 9.67. The number of thioether (sulfide) groups is 1. The Balaban J connectivity index is 1.43. The smallest absolute Gasteiger partial charge is 0.238 e. The first-order valence-electron chi connectivity index (χ1n) is 13.7. The van der Waals surface area contributed by atoms with Crippen LogP contribution in [-0.4, -0.2) is 75.8 Å². The molecule has 6 unspecified atom stereocenters. The Morgan fingerprint density at radius 1 is 1.18 bits per heavy atom. The van der Waals surface area contributed by atoms with Crippen molar-refractivity contribution in [3.8, 4) is 12.1 Å². The van der Waals surface area contributed by atoms with E-state index in [0.29, 0.717) is 18.8 Å². The van der Waals surface area contributed by atoms with Gasteiger partial charge in [-0.1, -0.05) is 6.07 Å². The fourth-order valence-electron chi connectivity index (χ4n) is 5.84. The van der Waals surface area contributed by atoms with E-state index in [0.717, 1.165) is 11.3 Å². The summed E-state index contributed by atoms with van der Waals surface area (Å²) in [5, 5.41) is 27.2. The van der Waals surface area contributed by atoms with Gasteiger partial charge in [0, 0.05) is 46.7 Å². The SMILES string of the molecule is CCN1C(=O)C2/C(=C\Nc3cccc(NC(=O)CN(C(C)C)C(C)C)c3)C2SC2C(C#N)C(C(=O)NCC#N)C21. The lowest BCUT2D eigenvalue weighted by Gasteiger charge is -2.51. The maximum absolute atomic E-state index is 13.5. The average Bonchev–Trinajstić information content (AvgIpc) is 3.62. The van der Waals surface area contributed by atoms with E-state index < -0.39 is 11.8 Å². The molecule has 1 aromatic rings. The first-order valence-corrected chi connectivity index (χ1v) is 14.7. The topological polar surface area (TPSA) is 141 Å². The van der Waals surface area contributed by atoms with Crippen molar-refractivity contribution in [2.75, 3.05) is 30.3 Å². The molecule has 0 spiro atoms. The number of nitrogens with zero attached hydrogens (tertiary/aromatic N) is 4. The van der Waals surface area contributed by atoms with Gasteiger partial charge in [0.15, 0.2) is 0 Å². The molecule has 3 amide bonds. The largest absolute Gasteiger partial charge is 0.362 e. The molecular weight excluding hydrogens is 526 g/mol. The number of hydrogen-bond donors (Lipinski definition) is 3.